The summed E-state index contributed by atoms with van der Waals surface area (Å²) in [7, 11) is 0. The number of benzene rings is 3. The summed E-state index contributed by atoms with van der Waals surface area (Å²) in [4.78, 5) is 53.4. The first-order valence-corrected chi connectivity index (χ1v) is 17.4. The highest BCUT2D eigenvalue weighted by Gasteiger charge is 2.35. The Balaban J connectivity index is 1.95. The molecule has 0 saturated heterocycles. The topological polar surface area (TPSA) is 289 Å². The first kappa shape index (κ1) is 42.1. The molecule has 0 bridgehead atoms. The molecule has 0 saturated carbocycles. The van der Waals surface area contributed by atoms with Crippen LogP contribution in [0.15, 0.2) is 61.9 Å². The molecular weight excluding hydrogens is 870 g/mol. The van der Waals surface area contributed by atoms with Gasteiger partial charge in [-0.3, -0.25) is 19.2 Å². The van der Waals surface area contributed by atoms with Gasteiger partial charge in [0.05, 0.1) is 45.1 Å². The molecule has 3 aromatic rings. The lowest BCUT2D eigenvalue weighted by atomic mass is 10.0. The maximum Gasteiger partial charge on any atom is 0.256 e. The second kappa shape index (κ2) is 18.9. The van der Waals surface area contributed by atoms with Crippen molar-refractivity contribution in [1.29, 1.82) is 0 Å². The molecule has 5 unspecified atom stereocenters. The summed E-state index contributed by atoms with van der Waals surface area (Å²) >= 11 is 9.73. The largest absolute Gasteiger partial charge is 0.394 e. The second-order valence-electron chi connectivity index (χ2n) is 11.2. The number of nitrogens with one attached hydrogen (secondary N) is 2. The predicted octanol–water partition coefficient (Wildman–Crippen LogP) is 0.268. The van der Waals surface area contributed by atoms with Crippen LogP contribution in [0.4, 0.5) is 11.4 Å². The molecule has 0 aliphatic heterocycles. The number of anilines is 2. The van der Waals surface area contributed by atoms with Gasteiger partial charge in [-0.15, -0.1) is 0 Å². The molecule has 51 heavy (non-hydrogen) atoms. The molecule has 13 N–H and O–H groups in total. The average Bonchev–Trinajstić information content (AvgIpc) is 3.11. The Bertz CT molecular complexity index is 1730. The van der Waals surface area contributed by atoms with E-state index in [0.717, 1.165) is 10.5 Å². The van der Waals surface area contributed by atoms with Crippen molar-refractivity contribution in [2.75, 3.05) is 36.9 Å². The van der Waals surface area contributed by atoms with Crippen LogP contribution in [0, 0.1) is 0 Å². The molecule has 4 amide bonds. The lowest BCUT2D eigenvalue weighted by Crippen LogP contribution is -2.52. The van der Waals surface area contributed by atoms with E-state index in [1.807, 2.05) is 0 Å². The molecule has 3 rings (SSSR count). The Morgan fingerprint density at radius 2 is 1.20 bits per heavy atom. The molecule has 3 aromatic carbocycles. The quantitative estimate of drug-likeness (QED) is 0.0924. The van der Waals surface area contributed by atoms with Gasteiger partial charge >= 0.3 is 0 Å². The number of carbonyl (C=O) groups is 4. The molecule has 19 heteroatoms. The van der Waals surface area contributed by atoms with Crippen molar-refractivity contribution < 1.29 is 54.9 Å². The number of carbonyl (C=O) groups excluding carboxylic acids is 4. The third kappa shape index (κ3) is 10.4. The highest BCUT2D eigenvalue weighted by Crippen LogP contribution is 2.43. The number of primary amides is 1. The SMILES string of the molecule is NCc1ccc(C(=O)Nc2ccc(C(=O)Nc3c(Br)c(C(N)=O)c(Br)c(C(=O)N(CC(O)CO)CC(O)C(O)C(O)C(O)CO)c3Br)cc2)cc1. The van der Waals surface area contributed by atoms with E-state index in [1.54, 1.807) is 24.3 Å². The van der Waals surface area contributed by atoms with E-state index in [1.165, 1.54) is 24.3 Å². The van der Waals surface area contributed by atoms with Gasteiger partial charge in [0.15, 0.2) is 0 Å². The molecule has 0 aromatic heterocycles. The lowest BCUT2D eigenvalue weighted by molar-refractivity contribution is -0.118. The molecule has 0 aliphatic rings. The number of nitrogens with zero attached hydrogens (tertiary/aromatic N) is 1. The van der Waals surface area contributed by atoms with E-state index < -0.39 is 80.5 Å². The van der Waals surface area contributed by atoms with Crippen LogP contribution in [-0.4, -0.2) is 121 Å². The molecule has 0 spiro atoms. The zero-order chi connectivity index (χ0) is 38.2. The summed E-state index contributed by atoms with van der Waals surface area (Å²) in [6, 6.07) is 12.5. The van der Waals surface area contributed by atoms with Crippen LogP contribution in [0.25, 0.3) is 0 Å². The molecule has 276 valence electrons. The Hall–Kier alpha value is -3.34. The number of hydrogen-bond donors (Lipinski definition) is 11. The summed E-state index contributed by atoms with van der Waals surface area (Å²) in [5, 5.41) is 74.8. The standard InChI is InChI=1S/C32H36Br3N5O11/c33-23-21(29(37)48)24(34)26(39-31(50)16-5-7-17(8-6-16)38-30(49)15-3-1-14(9-36)2-4-15)25(35)22(23)32(51)40(10-18(43)12-41)11-19(44)27(46)28(47)20(45)13-42/h1-8,18-20,27-28,41-47H,9-13,36H2,(H2,37,48)(H,38,49)(H,39,50). The number of aliphatic hydroxyl groups excluding tert-OH is 7. The number of nitrogens with two attached hydrogens (primary N) is 2. The summed E-state index contributed by atoms with van der Waals surface area (Å²) in [6.07, 6.45) is -9.46. The van der Waals surface area contributed by atoms with E-state index in [2.05, 4.69) is 58.4 Å². The van der Waals surface area contributed by atoms with Crippen molar-refractivity contribution >= 4 is 82.8 Å². The first-order valence-electron chi connectivity index (χ1n) is 15.0. The van der Waals surface area contributed by atoms with Crippen molar-refractivity contribution in [3.8, 4) is 0 Å². The van der Waals surface area contributed by atoms with Crippen LogP contribution in [0.1, 0.15) is 47.0 Å². The van der Waals surface area contributed by atoms with E-state index in [0.29, 0.717) is 17.8 Å². The number of aliphatic hydroxyl groups is 7. The fourth-order valence-corrected chi connectivity index (χ4v) is 7.59. The second-order valence-corrected chi connectivity index (χ2v) is 13.5. The molecular formula is C32H36Br3N5O11. The summed E-state index contributed by atoms with van der Waals surface area (Å²) in [5.74, 6) is -3.17. The third-order valence-electron chi connectivity index (χ3n) is 7.53. The van der Waals surface area contributed by atoms with Crippen molar-refractivity contribution in [3.63, 3.8) is 0 Å². The third-order valence-corrected chi connectivity index (χ3v) is 9.91. The van der Waals surface area contributed by atoms with Gasteiger partial charge in [0, 0.05) is 40.9 Å². The summed E-state index contributed by atoms with van der Waals surface area (Å²) in [5.41, 5.74) is 12.2. The number of halogens is 3. The average molecular weight is 906 g/mol. The minimum Gasteiger partial charge on any atom is -0.394 e. The number of hydrogen-bond acceptors (Lipinski definition) is 12. The Morgan fingerprint density at radius 1 is 0.686 bits per heavy atom. The number of amides is 4. The van der Waals surface area contributed by atoms with Gasteiger partial charge in [0.1, 0.15) is 24.4 Å². The fraction of sp³-hybridized carbons (Fsp3) is 0.312. The first-order chi connectivity index (χ1) is 24.1. The zero-order valence-corrected chi connectivity index (χ0v) is 31.3. The normalized spacial score (nSPS) is 14.2. The summed E-state index contributed by atoms with van der Waals surface area (Å²) in [6.45, 7) is -2.88. The van der Waals surface area contributed by atoms with Crippen LogP contribution >= 0.6 is 47.8 Å². The van der Waals surface area contributed by atoms with E-state index >= 15 is 0 Å². The minimum absolute atomic E-state index is 0.0401. The van der Waals surface area contributed by atoms with Crippen molar-refractivity contribution in [1.82, 2.24) is 4.90 Å². The summed E-state index contributed by atoms with van der Waals surface area (Å²) < 4.78 is -0.325. The Labute approximate surface area is 316 Å². The van der Waals surface area contributed by atoms with E-state index in [4.69, 9.17) is 16.6 Å². The maximum absolute atomic E-state index is 14.0. The van der Waals surface area contributed by atoms with Gasteiger partial charge in [-0.25, -0.2) is 0 Å². The van der Waals surface area contributed by atoms with Gasteiger partial charge in [0.25, 0.3) is 23.6 Å². The molecule has 0 aliphatic carbocycles. The molecule has 16 nitrogen and oxygen atoms in total. The fourth-order valence-electron chi connectivity index (χ4n) is 4.67. The molecule has 5 atom stereocenters. The smallest absolute Gasteiger partial charge is 0.256 e. The van der Waals surface area contributed by atoms with E-state index in [9.17, 15) is 49.8 Å². The lowest BCUT2D eigenvalue weighted by Gasteiger charge is -2.32. The highest BCUT2D eigenvalue weighted by atomic mass is 79.9. The number of rotatable bonds is 16. The predicted molar refractivity (Wildman–Crippen MR) is 195 cm³/mol. The Kier molecular flexibility index (Phi) is 15.6. The minimum atomic E-state index is -2.08. The van der Waals surface area contributed by atoms with Crippen molar-refractivity contribution in [2.24, 2.45) is 11.5 Å². The van der Waals surface area contributed by atoms with Crippen LogP contribution < -0.4 is 22.1 Å². The van der Waals surface area contributed by atoms with Crippen LogP contribution in [-0.2, 0) is 6.54 Å². The van der Waals surface area contributed by atoms with Gasteiger partial charge in [0.2, 0.25) is 0 Å². The van der Waals surface area contributed by atoms with Crippen molar-refractivity contribution in [3.05, 3.63) is 89.8 Å². The highest BCUT2D eigenvalue weighted by molar-refractivity contribution is 9.11. The molecule has 0 fully saturated rings. The van der Waals surface area contributed by atoms with Crippen LogP contribution in [0.5, 0.6) is 0 Å². The molecule has 0 radical (unpaired) electrons. The monoisotopic (exact) mass is 903 g/mol. The van der Waals surface area contributed by atoms with Gasteiger partial charge in [-0.05, 0) is 89.8 Å². The Morgan fingerprint density at radius 3 is 1.71 bits per heavy atom. The van der Waals surface area contributed by atoms with Gasteiger partial charge < -0.3 is 62.7 Å². The maximum atomic E-state index is 14.0. The van der Waals surface area contributed by atoms with Gasteiger partial charge in [-0.1, -0.05) is 12.1 Å². The van der Waals surface area contributed by atoms with Crippen LogP contribution in [0.2, 0.25) is 0 Å². The zero-order valence-electron chi connectivity index (χ0n) is 26.5. The molecule has 0 heterocycles. The van der Waals surface area contributed by atoms with Gasteiger partial charge in [-0.2, -0.15) is 0 Å². The van der Waals surface area contributed by atoms with Crippen LogP contribution in [0.3, 0.4) is 0 Å². The van der Waals surface area contributed by atoms with Crippen molar-refractivity contribution in [2.45, 2.75) is 37.1 Å². The van der Waals surface area contributed by atoms with E-state index in [-0.39, 0.29) is 35.8 Å².